The van der Waals surface area contributed by atoms with Crippen molar-refractivity contribution in [3.8, 4) is 0 Å². The summed E-state index contributed by atoms with van der Waals surface area (Å²) in [5.41, 5.74) is 9.92. The molecule has 2 rings (SSSR count). The van der Waals surface area contributed by atoms with Crippen molar-refractivity contribution in [2.45, 2.75) is 25.2 Å². The summed E-state index contributed by atoms with van der Waals surface area (Å²) in [5, 5.41) is 0. The first kappa shape index (κ1) is 12.3. The molecule has 2 nitrogen and oxygen atoms in total. The number of benzene rings is 1. The number of rotatable bonds is 6. The monoisotopic (exact) mass is 231 g/mol. The average Bonchev–Trinajstić information content (AvgIpc) is 2.33. The molecule has 1 aliphatic rings. The Morgan fingerprint density at radius 2 is 2.29 bits per heavy atom. The Balaban J connectivity index is 2.02. The molecule has 17 heavy (non-hydrogen) atoms. The van der Waals surface area contributed by atoms with Gasteiger partial charge in [0.2, 0.25) is 0 Å². The van der Waals surface area contributed by atoms with Gasteiger partial charge in [-0.25, -0.2) is 0 Å². The Hall–Kier alpha value is -1.12. The molecule has 1 aromatic rings. The summed E-state index contributed by atoms with van der Waals surface area (Å²) in [4.78, 5) is 0. The minimum Gasteiger partial charge on any atom is -0.380 e. The Morgan fingerprint density at radius 1 is 1.47 bits per heavy atom. The molecule has 1 unspecified atom stereocenters. The summed E-state index contributed by atoms with van der Waals surface area (Å²) in [6, 6.07) is 8.68. The van der Waals surface area contributed by atoms with Crippen molar-refractivity contribution in [3.63, 3.8) is 0 Å². The number of nitrogens with two attached hydrogens (primary N) is 1. The zero-order valence-corrected chi connectivity index (χ0v) is 10.5. The van der Waals surface area contributed by atoms with Gasteiger partial charge in [0.1, 0.15) is 0 Å². The van der Waals surface area contributed by atoms with Gasteiger partial charge in [-0.05, 0) is 42.5 Å². The second-order valence-corrected chi connectivity index (χ2v) is 4.66. The third-order valence-corrected chi connectivity index (χ3v) is 3.36. The van der Waals surface area contributed by atoms with E-state index in [4.69, 9.17) is 10.5 Å². The van der Waals surface area contributed by atoms with Crippen molar-refractivity contribution < 1.29 is 4.74 Å². The van der Waals surface area contributed by atoms with E-state index >= 15 is 0 Å². The number of hydrogen-bond donors (Lipinski definition) is 1. The molecule has 1 aliphatic carbocycles. The van der Waals surface area contributed by atoms with Crippen LogP contribution in [0.4, 0.5) is 0 Å². The van der Waals surface area contributed by atoms with E-state index in [1.807, 2.05) is 0 Å². The van der Waals surface area contributed by atoms with Gasteiger partial charge in [-0.1, -0.05) is 30.3 Å². The highest BCUT2D eigenvalue weighted by molar-refractivity contribution is 5.43. The maximum Gasteiger partial charge on any atom is 0.0673 e. The van der Waals surface area contributed by atoms with Gasteiger partial charge >= 0.3 is 0 Å². The molecule has 2 heteroatoms. The van der Waals surface area contributed by atoms with E-state index in [2.05, 4.69) is 30.3 Å². The molecule has 0 aliphatic heterocycles. The Morgan fingerprint density at radius 3 is 3.00 bits per heavy atom. The van der Waals surface area contributed by atoms with Crippen LogP contribution < -0.4 is 5.73 Å². The molecule has 0 spiro atoms. The number of fused-ring (bicyclic) bond motifs is 1. The number of hydrogen-bond acceptors (Lipinski definition) is 2. The molecular formula is C15H21NO. The largest absolute Gasteiger partial charge is 0.380 e. The summed E-state index contributed by atoms with van der Waals surface area (Å²) in [6.07, 6.45) is 5.65. The zero-order valence-electron chi connectivity index (χ0n) is 10.5. The Bertz CT molecular complexity index is 398. The number of methoxy groups -OCH3 is 1. The van der Waals surface area contributed by atoms with Crippen LogP contribution in [0.2, 0.25) is 0 Å². The summed E-state index contributed by atoms with van der Waals surface area (Å²) in [7, 11) is 1.75. The third kappa shape index (κ3) is 2.96. The van der Waals surface area contributed by atoms with Crippen LogP contribution in [0.5, 0.6) is 0 Å². The summed E-state index contributed by atoms with van der Waals surface area (Å²) < 4.78 is 5.25. The predicted octanol–water partition coefficient (Wildman–Crippen LogP) is 2.64. The molecule has 0 saturated heterocycles. The summed E-state index contributed by atoms with van der Waals surface area (Å²) in [6.45, 7) is 1.49. The zero-order chi connectivity index (χ0) is 12.1. The van der Waals surface area contributed by atoms with E-state index in [1.165, 1.54) is 23.1 Å². The van der Waals surface area contributed by atoms with Crippen LogP contribution in [-0.2, 0) is 11.2 Å². The fourth-order valence-corrected chi connectivity index (χ4v) is 2.45. The van der Waals surface area contributed by atoms with Gasteiger partial charge in [0.15, 0.2) is 0 Å². The Labute approximate surface area is 103 Å². The van der Waals surface area contributed by atoms with Gasteiger partial charge in [0.05, 0.1) is 6.61 Å². The lowest BCUT2D eigenvalue weighted by Crippen LogP contribution is -2.16. The first-order chi connectivity index (χ1) is 8.35. The van der Waals surface area contributed by atoms with E-state index in [0.717, 1.165) is 26.0 Å². The molecular weight excluding hydrogens is 210 g/mol. The molecule has 92 valence electrons. The molecule has 0 fully saturated rings. The molecule has 2 N–H and O–H groups in total. The minimum absolute atomic E-state index is 0.592. The van der Waals surface area contributed by atoms with Crippen molar-refractivity contribution in [2.75, 3.05) is 20.3 Å². The highest BCUT2D eigenvalue weighted by atomic mass is 16.5. The maximum atomic E-state index is 5.56. The second kappa shape index (κ2) is 5.99. The van der Waals surface area contributed by atoms with Gasteiger partial charge in [-0.3, -0.25) is 0 Å². The molecule has 1 aromatic carbocycles. The molecule has 0 saturated carbocycles. The fourth-order valence-electron chi connectivity index (χ4n) is 2.45. The van der Waals surface area contributed by atoms with Crippen LogP contribution in [0, 0.1) is 0 Å². The van der Waals surface area contributed by atoms with Crippen molar-refractivity contribution >= 4 is 0 Å². The van der Waals surface area contributed by atoms with E-state index in [0.29, 0.717) is 5.92 Å². The lowest BCUT2D eigenvalue weighted by Gasteiger charge is -2.28. The highest BCUT2D eigenvalue weighted by Crippen LogP contribution is 2.36. The molecule has 0 bridgehead atoms. The Kier molecular flexibility index (Phi) is 4.35. The smallest absolute Gasteiger partial charge is 0.0673 e. The van der Waals surface area contributed by atoms with Crippen molar-refractivity contribution in [3.05, 3.63) is 47.0 Å². The first-order valence-electron chi connectivity index (χ1n) is 6.31. The van der Waals surface area contributed by atoms with Crippen LogP contribution in [0.25, 0.3) is 0 Å². The van der Waals surface area contributed by atoms with Crippen LogP contribution in [0.15, 0.2) is 35.9 Å². The highest BCUT2D eigenvalue weighted by Gasteiger charge is 2.23. The molecule has 0 heterocycles. The lowest BCUT2D eigenvalue weighted by molar-refractivity contribution is 0.222. The lowest BCUT2D eigenvalue weighted by atomic mass is 9.76. The summed E-state index contributed by atoms with van der Waals surface area (Å²) >= 11 is 0. The topological polar surface area (TPSA) is 35.2 Å². The van der Waals surface area contributed by atoms with Gasteiger partial charge in [-0.2, -0.15) is 0 Å². The number of ether oxygens (including phenoxy) is 1. The third-order valence-electron chi connectivity index (χ3n) is 3.36. The predicted molar refractivity (Wildman–Crippen MR) is 71.1 cm³/mol. The SMILES string of the molecule is COC/C(=C/C1Cc2ccccc21)CCCN. The molecule has 0 radical (unpaired) electrons. The van der Waals surface area contributed by atoms with Crippen LogP contribution in [0.3, 0.4) is 0 Å². The molecule has 0 aromatic heterocycles. The fraction of sp³-hybridized carbons (Fsp3) is 0.467. The van der Waals surface area contributed by atoms with Crippen LogP contribution in [0.1, 0.15) is 29.9 Å². The standard InChI is InChI=1S/C15H21NO/c1-17-11-12(5-4-8-16)9-14-10-13-6-2-3-7-15(13)14/h2-3,6-7,9,14H,4-5,8,10-11,16H2,1H3/b12-9+. The van der Waals surface area contributed by atoms with Crippen molar-refractivity contribution in [2.24, 2.45) is 5.73 Å². The quantitative estimate of drug-likeness (QED) is 0.764. The normalized spacial score (nSPS) is 18.7. The molecule has 1 atom stereocenters. The van der Waals surface area contributed by atoms with Crippen molar-refractivity contribution in [1.82, 2.24) is 0 Å². The van der Waals surface area contributed by atoms with E-state index in [-0.39, 0.29) is 0 Å². The average molecular weight is 231 g/mol. The number of allylic oxidation sites excluding steroid dienone is 1. The second-order valence-electron chi connectivity index (χ2n) is 4.66. The van der Waals surface area contributed by atoms with Gasteiger partial charge < -0.3 is 10.5 Å². The molecule has 0 amide bonds. The van der Waals surface area contributed by atoms with Crippen molar-refractivity contribution in [1.29, 1.82) is 0 Å². The first-order valence-corrected chi connectivity index (χ1v) is 6.31. The van der Waals surface area contributed by atoms with E-state index in [9.17, 15) is 0 Å². The van der Waals surface area contributed by atoms with Gasteiger partial charge in [0.25, 0.3) is 0 Å². The summed E-state index contributed by atoms with van der Waals surface area (Å²) in [5.74, 6) is 0.592. The van der Waals surface area contributed by atoms with E-state index < -0.39 is 0 Å². The van der Waals surface area contributed by atoms with Gasteiger partial charge in [0, 0.05) is 13.0 Å². The van der Waals surface area contributed by atoms with Crippen LogP contribution in [-0.4, -0.2) is 20.3 Å². The minimum atomic E-state index is 0.592. The maximum absolute atomic E-state index is 5.56. The van der Waals surface area contributed by atoms with E-state index in [1.54, 1.807) is 7.11 Å². The van der Waals surface area contributed by atoms with Crippen LogP contribution >= 0.6 is 0 Å². The van der Waals surface area contributed by atoms with Gasteiger partial charge in [-0.15, -0.1) is 0 Å².